The minimum atomic E-state index is -0.629. The number of hydrogen-bond acceptors (Lipinski definition) is 4. The molecule has 0 heterocycles. The van der Waals surface area contributed by atoms with E-state index in [2.05, 4.69) is 0 Å². The van der Waals surface area contributed by atoms with Gasteiger partial charge in [0.2, 0.25) is 0 Å². The van der Waals surface area contributed by atoms with Gasteiger partial charge < -0.3 is 9.47 Å². The summed E-state index contributed by atoms with van der Waals surface area (Å²) in [5.74, 6) is -0.379. The Hall–Kier alpha value is -2.88. The first-order chi connectivity index (χ1) is 11.3. The summed E-state index contributed by atoms with van der Waals surface area (Å²) in [7, 11) is 0. The number of carbonyl (C=O) groups excluding carboxylic acids is 2. The number of aryl methyl sites for hydroxylation is 4. The van der Waals surface area contributed by atoms with Gasteiger partial charge in [-0.2, -0.15) is 0 Å². The van der Waals surface area contributed by atoms with E-state index in [1.165, 1.54) is 0 Å². The van der Waals surface area contributed by atoms with Gasteiger partial charge in [-0.3, -0.25) is 0 Å². The molecule has 0 aliphatic heterocycles. The molecule has 24 heavy (non-hydrogen) atoms. The van der Waals surface area contributed by atoms with Crippen LogP contribution in [0.2, 0.25) is 0 Å². The first-order valence-electron chi connectivity index (χ1n) is 7.61. The van der Waals surface area contributed by atoms with Crippen LogP contribution in [-0.4, -0.2) is 11.9 Å². The number of rotatable bonds is 4. The average Bonchev–Trinajstić information content (AvgIpc) is 2.53. The van der Waals surface area contributed by atoms with Gasteiger partial charge in [0.05, 0.1) is 0 Å². The molecule has 0 aromatic heterocycles. The van der Waals surface area contributed by atoms with Crippen molar-refractivity contribution in [3.05, 3.63) is 70.8 Å². The van der Waals surface area contributed by atoms with E-state index in [1.54, 1.807) is 24.3 Å². The fourth-order valence-corrected chi connectivity index (χ4v) is 1.99. The van der Waals surface area contributed by atoms with Crippen LogP contribution in [0, 0.1) is 27.7 Å². The van der Waals surface area contributed by atoms with E-state index in [4.69, 9.17) is 9.47 Å². The van der Waals surface area contributed by atoms with E-state index in [0.717, 1.165) is 34.4 Å². The maximum Gasteiger partial charge on any atom is 0.336 e. The Bertz CT molecular complexity index is 736. The Morgan fingerprint density at radius 1 is 0.667 bits per heavy atom. The molecule has 2 aromatic rings. The van der Waals surface area contributed by atoms with Crippen molar-refractivity contribution in [3.63, 3.8) is 0 Å². The number of esters is 2. The van der Waals surface area contributed by atoms with Gasteiger partial charge in [0.15, 0.2) is 0 Å². The van der Waals surface area contributed by atoms with Crippen molar-refractivity contribution in [2.24, 2.45) is 0 Å². The smallest absolute Gasteiger partial charge is 0.336 e. The predicted octanol–water partition coefficient (Wildman–Crippen LogP) is 3.99. The van der Waals surface area contributed by atoms with Crippen molar-refractivity contribution in [2.45, 2.75) is 27.7 Å². The Morgan fingerprint density at radius 2 is 1.04 bits per heavy atom. The number of benzene rings is 2. The highest BCUT2D eigenvalue weighted by atomic mass is 16.5. The molecule has 0 radical (unpaired) electrons. The molecule has 2 aromatic carbocycles. The van der Waals surface area contributed by atoms with Gasteiger partial charge in [0.1, 0.15) is 11.5 Å². The molecule has 0 saturated heterocycles. The summed E-state index contributed by atoms with van der Waals surface area (Å²) in [6.07, 6.45) is 2.11. The molecule has 0 bridgehead atoms. The van der Waals surface area contributed by atoms with Crippen LogP contribution in [-0.2, 0) is 9.59 Å². The molecule has 0 spiro atoms. The molecule has 0 aliphatic carbocycles. The molecule has 4 heteroatoms. The lowest BCUT2D eigenvalue weighted by atomic mass is 10.1. The van der Waals surface area contributed by atoms with Crippen molar-refractivity contribution in [1.82, 2.24) is 0 Å². The van der Waals surface area contributed by atoms with Gasteiger partial charge in [0, 0.05) is 12.2 Å². The van der Waals surface area contributed by atoms with Gasteiger partial charge in [0.25, 0.3) is 0 Å². The van der Waals surface area contributed by atoms with Crippen molar-refractivity contribution in [1.29, 1.82) is 0 Å². The lowest BCUT2D eigenvalue weighted by Gasteiger charge is -2.05. The lowest BCUT2D eigenvalue weighted by molar-refractivity contribution is -0.131. The molecule has 0 unspecified atom stereocenters. The van der Waals surface area contributed by atoms with Crippen LogP contribution in [0.4, 0.5) is 0 Å². The average molecular weight is 324 g/mol. The molecule has 2 rings (SSSR count). The van der Waals surface area contributed by atoms with E-state index < -0.39 is 11.9 Å². The molecule has 0 atom stereocenters. The Balaban J connectivity index is 1.93. The first kappa shape index (κ1) is 17.5. The fourth-order valence-electron chi connectivity index (χ4n) is 1.99. The minimum Gasteiger partial charge on any atom is -0.423 e. The predicted molar refractivity (Wildman–Crippen MR) is 92.2 cm³/mol. The summed E-state index contributed by atoms with van der Waals surface area (Å²) in [5, 5.41) is 0. The van der Waals surface area contributed by atoms with Crippen molar-refractivity contribution < 1.29 is 19.1 Å². The molecular weight excluding hydrogens is 304 g/mol. The third kappa shape index (κ3) is 4.81. The zero-order chi connectivity index (χ0) is 17.7. The third-order valence-electron chi connectivity index (χ3n) is 3.75. The third-order valence-corrected chi connectivity index (χ3v) is 3.75. The zero-order valence-electron chi connectivity index (χ0n) is 14.3. The minimum absolute atomic E-state index is 0.440. The maximum absolute atomic E-state index is 11.7. The zero-order valence-corrected chi connectivity index (χ0v) is 14.3. The van der Waals surface area contributed by atoms with Crippen LogP contribution >= 0.6 is 0 Å². The van der Waals surface area contributed by atoms with Crippen molar-refractivity contribution >= 4 is 11.9 Å². The van der Waals surface area contributed by atoms with Crippen molar-refractivity contribution in [3.8, 4) is 11.5 Å². The first-order valence-corrected chi connectivity index (χ1v) is 7.61. The molecule has 0 saturated carbocycles. The highest BCUT2D eigenvalue weighted by molar-refractivity contribution is 5.93. The normalized spacial score (nSPS) is 10.7. The summed E-state index contributed by atoms with van der Waals surface area (Å²) < 4.78 is 10.3. The van der Waals surface area contributed by atoms with E-state index in [9.17, 15) is 9.59 Å². The van der Waals surface area contributed by atoms with E-state index in [-0.39, 0.29) is 0 Å². The lowest BCUT2D eigenvalue weighted by Crippen LogP contribution is -2.08. The van der Waals surface area contributed by atoms with Crippen LogP contribution in [0.15, 0.2) is 48.6 Å². The number of carbonyl (C=O) groups is 2. The van der Waals surface area contributed by atoms with Gasteiger partial charge >= 0.3 is 11.9 Å². The topological polar surface area (TPSA) is 52.6 Å². The summed E-state index contributed by atoms with van der Waals surface area (Å²) >= 11 is 0. The van der Waals surface area contributed by atoms with Crippen LogP contribution in [0.1, 0.15) is 22.3 Å². The molecule has 124 valence electrons. The maximum atomic E-state index is 11.7. The van der Waals surface area contributed by atoms with E-state index >= 15 is 0 Å². The Labute approximate surface area is 141 Å². The summed E-state index contributed by atoms with van der Waals surface area (Å²) in [4.78, 5) is 23.5. The Morgan fingerprint density at radius 3 is 1.38 bits per heavy atom. The van der Waals surface area contributed by atoms with Crippen molar-refractivity contribution in [2.75, 3.05) is 0 Å². The molecule has 0 aliphatic rings. The molecular formula is C20H20O4. The van der Waals surface area contributed by atoms with Gasteiger partial charge in [-0.1, -0.05) is 12.1 Å². The molecule has 0 amide bonds. The molecule has 0 fully saturated rings. The second-order valence-electron chi connectivity index (χ2n) is 5.67. The highest BCUT2D eigenvalue weighted by Crippen LogP contribution is 2.17. The van der Waals surface area contributed by atoms with Gasteiger partial charge in [-0.25, -0.2) is 9.59 Å². The summed E-state index contributed by atoms with van der Waals surface area (Å²) in [6, 6.07) is 10.7. The quantitative estimate of drug-likeness (QED) is 0.485. The number of ether oxygens (including phenoxy) is 2. The van der Waals surface area contributed by atoms with Crippen LogP contribution < -0.4 is 9.47 Å². The van der Waals surface area contributed by atoms with Gasteiger partial charge in [-0.05, 0) is 74.2 Å². The fraction of sp³-hybridized carbons (Fsp3) is 0.200. The van der Waals surface area contributed by atoms with Crippen LogP contribution in [0.3, 0.4) is 0 Å². The molecule has 0 N–H and O–H groups in total. The Kier molecular flexibility index (Phi) is 5.53. The standard InChI is InChI=1S/C20H20O4/c1-13-5-7-17(11-15(13)3)23-19(21)9-10-20(22)24-18-8-6-14(2)16(4)12-18/h5-12H,1-4H3/b10-9+. The SMILES string of the molecule is Cc1ccc(OC(=O)/C=C/C(=O)Oc2ccc(C)c(C)c2)cc1C. The van der Waals surface area contributed by atoms with E-state index in [1.807, 2.05) is 39.8 Å². The van der Waals surface area contributed by atoms with Crippen LogP contribution in [0.25, 0.3) is 0 Å². The molecule has 4 nitrogen and oxygen atoms in total. The number of hydrogen-bond donors (Lipinski definition) is 0. The second kappa shape index (κ2) is 7.59. The van der Waals surface area contributed by atoms with E-state index in [0.29, 0.717) is 11.5 Å². The highest BCUT2D eigenvalue weighted by Gasteiger charge is 2.06. The second-order valence-corrected chi connectivity index (χ2v) is 5.67. The van der Waals surface area contributed by atoms with Gasteiger partial charge in [-0.15, -0.1) is 0 Å². The summed E-state index contributed by atoms with van der Waals surface area (Å²) in [6.45, 7) is 7.82. The monoisotopic (exact) mass is 324 g/mol. The largest absolute Gasteiger partial charge is 0.423 e. The van der Waals surface area contributed by atoms with Crippen LogP contribution in [0.5, 0.6) is 11.5 Å². The summed E-state index contributed by atoms with van der Waals surface area (Å²) in [5.41, 5.74) is 4.28.